The van der Waals surface area contributed by atoms with E-state index in [-0.39, 0.29) is 5.91 Å². The fraction of sp³-hybridized carbons (Fsp3) is 0.286. The molecule has 0 bridgehead atoms. The minimum absolute atomic E-state index is 0.121. The van der Waals surface area contributed by atoms with Crippen molar-refractivity contribution in [1.82, 2.24) is 0 Å². The van der Waals surface area contributed by atoms with Crippen LogP contribution in [0.2, 0.25) is 0 Å². The average Bonchev–Trinajstić information content (AvgIpc) is 2.75. The van der Waals surface area contributed by atoms with Crippen molar-refractivity contribution in [1.29, 1.82) is 0 Å². The Morgan fingerprint density at radius 1 is 1.00 bits per heavy atom. The number of hydrogen-bond donors (Lipinski definition) is 1. The second-order valence-electron chi connectivity index (χ2n) is 6.09. The van der Waals surface area contributed by atoms with E-state index in [0.717, 1.165) is 16.9 Å². The zero-order valence-electron chi connectivity index (χ0n) is 16.4. The largest absolute Gasteiger partial charge is 0.497 e. The number of rotatable bonds is 6. The van der Waals surface area contributed by atoms with Crippen LogP contribution in [0.25, 0.3) is 6.08 Å². The second-order valence-corrected chi connectivity index (χ2v) is 6.09. The van der Waals surface area contributed by atoms with Crippen molar-refractivity contribution in [3.05, 3.63) is 42.0 Å². The lowest BCUT2D eigenvalue weighted by Gasteiger charge is -2.29. The van der Waals surface area contributed by atoms with Crippen LogP contribution in [0.4, 0.5) is 11.4 Å². The van der Waals surface area contributed by atoms with Gasteiger partial charge in [-0.1, -0.05) is 0 Å². The Bertz CT molecular complexity index is 869. The first-order valence-corrected chi connectivity index (χ1v) is 8.82. The van der Waals surface area contributed by atoms with Gasteiger partial charge < -0.3 is 29.2 Å². The summed E-state index contributed by atoms with van der Waals surface area (Å²) in [4.78, 5) is 14.6. The molecule has 1 amide bonds. The standard InChI is InChI=1S/C21H24N2O5/c1-25-15-6-7-16-17(13-15)23(10-9-22-16)20(24)8-5-14-11-18(26-2)21(28-4)19(12-14)27-3/h5-8,11-13,22H,9-10H2,1-4H3. The van der Waals surface area contributed by atoms with Crippen LogP contribution >= 0.6 is 0 Å². The SMILES string of the molecule is COc1ccc2c(c1)N(C(=O)C=Cc1cc(OC)c(OC)c(OC)c1)CCN2. The monoisotopic (exact) mass is 384 g/mol. The fourth-order valence-electron chi connectivity index (χ4n) is 3.12. The van der Waals surface area contributed by atoms with E-state index in [4.69, 9.17) is 18.9 Å². The van der Waals surface area contributed by atoms with Crippen LogP contribution in [0.15, 0.2) is 36.4 Å². The number of anilines is 2. The predicted octanol–water partition coefficient (Wildman–Crippen LogP) is 3.19. The predicted molar refractivity (Wildman–Crippen MR) is 109 cm³/mol. The van der Waals surface area contributed by atoms with Crippen LogP contribution in [0.3, 0.4) is 0 Å². The van der Waals surface area contributed by atoms with Crippen LogP contribution in [-0.2, 0) is 4.79 Å². The minimum Gasteiger partial charge on any atom is -0.497 e. The molecule has 0 fully saturated rings. The minimum atomic E-state index is -0.121. The maximum atomic E-state index is 12.8. The molecule has 0 unspecified atom stereocenters. The molecular formula is C21H24N2O5. The maximum Gasteiger partial charge on any atom is 0.251 e. The Morgan fingerprint density at radius 2 is 1.71 bits per heavy atom. The summed E-state index contributed by atoms with van der Waals surface area (Å²) in [7, 11) is 6.27. The summed E-state index contributed by atoms with van der Waals surface area (Å²) in [5, 5.41) is 3.29. The molecule has 0 atom stereocenters. The molecule has 28 heavy (non-hydrogen) atoms. The van der Waals surface area contributed by atoms with Crippen molar-refractivity contribution < 1.29 is 23.7 Å². The highest BCUT2D eigenvalue weighted by Crippen LogP contribution is 2.38. The molecule has 2 aromatic carbocycles. The van der Waals surface area contributed by atoms with Crippen molar-refractivity contribution >= 4 is 23.4 Å². The molecule has 0 saturated carbocycles. The second kappa shape index (κ2) is 8.56. The van der Waals surface area contributed by atoms with Gasteiger partial charge in [-0.05, 0) is 35.9 Å². The highest BCUT2D eigenvalue weighted by molar-refractivity contribution is 6.06. The van der Waals surface area contributed by atoms with Gasteiger partial charge >= 0.3 is 0 Å². The van der Waals surface area contributed by atoms with Gasteiger partial charge in [-0.15, -0.1) is 0 Å². The highest BCUT2D eigenvalue weighted by Gasteiger charge is 2.21. The van der Waals surface area contributed by atoms with E-state index in [1.54, 1.807) is 51.5 Å². The van der Waals surface area contributed by atoms with Crippen molar-refractivity contribution in [2.45, 2.75) is 0 Å². The summed E-state index contributed by atoms with van der Waals surface area (Å²) in [6.07, 6.45) is 3.27. The first-order chi connectivity index (χ1) is 13.6. The third-order valence-corrected chi connectivity index (χ3v) is 4.52. The van der Waals surface area contributed by atoms with E-state index >= 15 is 0 Å². The van der Waals surface area contributed by atoms with Crippen molar-refractivity contribution in [2.75, 3.05) is 51.7 Å². The van der Waals surface area contributed by atoms with E-state index in [1.165, 1.54) is 6.08 Å². The summed E-state index contributed by atoms with van der Waals surface area (Å²) < 4.78 is 21.3. The molecule has 3 rings (SSSR count). The summed E-state index contributed by atoms with van der Waals surface area (Å²) >= 11 is 0. The summed E-state index contributed by atoms with van der Waals surface area (Å²) in [5.41, 5.74) is 2.47. The van der Waals surface area contributed by atoms with Gasteiger partial charge in [0.15, 0.2) is 11.5 Å². The molecule has 2 aromatic rings. The number of amides is 1. The Balaban J connectivity index is 1.87. The number of methoxy groups -OCH3 is 4. The number of nitrogens with one attached hydrogen (secondary N) is 1. The molecule has 0 radical (unpaired) electrons. The third kappa shape index (κ3) is 3.83. The smallest absolute Gasteiger partial charge is 0.251 e. The number of nitrogens with zero attached hydrogens (tertiary/aromatic N) is 1. The van der Waals surface area contributed by atoms with Gasteiger partial charge in [0.05, 0.1) is 39.8 Å². The molecule has 7 heteroatoms. The molecule has 1 aliphatic heterocycles. The lowest BCUT2D eigenvalue weighted by Crippen LogP contribution is -2.37. The molecule has 0 saturated heterocycles. The topological polar surface area (TPSA) is 69.3 Å². The number of benzene rings is 2. The molecule has 7 nitrogen and oxygen atoms in total. The normalized spacial score (nSPS) is 12.9. The quantitative estimate of drug-likeness (QED) is 0.772. The number of fused-ring (bicyclic) bond motifs is 1. The van der Waals surface area contributed by atoms with Crippen LogP contribution in [-0.4, -0.2) is 47.4 Å². The van der Waals surface area contributed by atoms with Crippen molar-refractivity contribution in [2.24, 2.45) is 0 Å². The summed E-state index contributed by atoms with van der Waals surface area (Å²) in [5.74, 6) is 2.16. The third-order valence-electron chi connectivity index (χ3n) is 4.52. The molecule has 148 valence electrons. The lowest BCUT2D eigenvalue weighted by atomic mass is 10.1. The molecule has 1 N–H and O–H groups in total. The number of hydrogen-bond acceptors (Lipinski definition) is 6. The zero-order valence-corrected chi connectivity index (χ0v) is 16.4. The van der Waals surface area contributed by atoms with Crippen LogP contribution in [0.1, 0.15) is 5.56 Å². The average molecular weight is 384 g/mol. The summed E-state index contributed by atoms with van der Waals surface area (Å²) in [6, 6.07) is 9.22. The van der Waals surface area contributed by atoms with Crippen molar-refractivity contribution in [3.8, 4) is 23.0 Å². The molecule has 0 aromatic heterocycles. The van der Waals surface area contributed by atoms with Gasteiger partial charge in [-0.3, -0.25) is 4.79 Å². The van der Waals surface area contributed by atoms with Gasteiger partial charge in [0, 0.05) is 25.2 Å². The number of carbonyl (C=O) groups is 1. The Kier molecular flexibility index (Phi) is 5.93. The maximum absolute atomic E-state index is 12.8. The van der Waals surface area contributed by atoms with E-state index in [1.807, 2.05) is 18.2 Å². The molecule has 1 aliphatic rings. The van der Waals surface area contributed by atoms with Crippen LogP contribution < -0.4 is 29.2 Å². The van der Waals surface area contributed by atoms with Crippen LogP contribution in [0.5, 0.6) is 23.0 Å². The van der Waals surface area contributed by atoms with Crippen molar-refractivity contribution in [3.63, 3.8) is 0 Å². The van der Waals surface area contributed by atoms with Gasteiger partial charge in [-0.2, -0.15) is 0 Å². The first-order valence-electron chi connectivity index (χ1n) is 8.82. The molecule has 1 heterocycles. The van der Waals surface area contributed by atoms with Gasteiger partial charge in [0.25, 0.3) is 5.91 Å². The van der Waals surface area contributed by atoms with E-state index in [0.29, 0.717) is 36.1 Å². The highest BCUT2D eigenvalue weighted by atomic mass is 16.5. The van der Waals surface area contributed by atoms with E-state index < -0.39 is 0 Å². The van der Waals surface area contributed by atoms with Gasteiger partial charge in [0.2, 0.25) is 5.75 Å². The van der Waals surface area contributed by atoms with E-state index in [2.05, 4.69) is 5.32 Å². The van der Waals surface area contributed by atoms with Gasteiger partial charge in [-0.25, -0.2) is 0 Å². The lowest BCUT2D eigenvalue weighted by molar-refractivity contribution is -0.114. The Morgan fingerprint density at radius 3 is 2.32 bits per heavy atom. The zero-order chi connectivity index (χ0) is 20.1. The van der Waals surface area contributed by atoms with Crippen LogP contribution in [0, 0.1) is 0 Å². The number of carbonyl (C=O) groups excluding carboxylic acids is 1. The number of ether oxygens (including phenoxy) is 4. The Labute approximate surface area is 164 Å². The van der Waals surface area contributed by atoms with Gasteiger partial charge in [0.1, 0.15) is 5.75 Å². The molecule has 0 spiro atoms. The fourth-order valence-corrected chi connectivity index (χ4v) is 3.12. The summed E-state index contributed by atoms with van der Waals surface area (Å²) in [6.45, 7) is 1.25. The molecule has 0 aliphatic carbocycles. The van der Waals surface area contributed by atoms with E-state index in [9.17, 15) is 4.79 Å². The molecular weight excluding hydrogens is 360 g/mol. The first kappa shape index (κ1) is 19.4. The Hall–Kier alpha value is -3.35.